The predicted octanol–water partition coefficient (Wildman–Crippen LogP) is 2.51. The lowest BCUT2D eigenvalue weighted by atomic mass is 9.98. The van der Waals surface area contributed by atoms with Crippen molar-refractivity contribution in [2.75, 3.05) is 0 Å². The van der Waals surface area contributed by atoms with Crippen LogP contribution in [0.1, 0.15) is 35.5 Å². The Kier molecular flexibility index (Phi) is 7.59. The number of nitrogens with two attached hydrogens (primary N) is 1. The Labute approximate surface area is 173 Å². The first-order valence-electron chi connectivity index (χ1n) is 8.57. The first kappa shape index (κ1) is 22.4. The Morgan fingerprint density at radius 3 is 2.36 bits per heavy atom. The molecule has 4 N–H and O–H groups in total. The molecule has 2 atom stereocenters. The minimum atomic E-state index is -3.76. The van der Waals surface area contributed by atoms with E-state index >= 15 is 0 Å². The molecule has 28 heavy (non-hydrogen) atoms. The summed E-state index contributed by atoms with van der Waals surface area (Å²) in [6.07, 6.45) is 0.688. The summed E-state index contributed by atoms with van der Waals surface area (Å²) in [6.45, 7) is 3.94. The average Bonchev–Trinajstić information content (AvgIpc) is 3.13. The van der Waals surface area contributed by atoms with Gasteiger partial charge in [-0.25, -0.2) is 13.6 Å². The molecule has 2 aromatic rings. The van der Waals surface area contributed by atoms with Gasteiger partial charge in [-0.2, -0.15) is 0 Å². The molecule has 0 saturated heterocycles. The lowest BCUT2D eigenvalue weighted by molar-refractivity contribution is -0.124. The van der Waals surface area contributed by atoms with Gasteiger partial charge in [0.25, 0.3) is 5.91 Å². The van der Waals surface area contributed by atoms with Gasteiger partial charge >= 0.3 is 0 Å². The van der Waals surface area contributed by atoms with Crippen LogP contribution in [0, 0.1) is 5.92 Å². The summed E-state index contributed by atoms with van der Waals surface area (Å²) in [5.74, 6) is -0.813. The van der Waals surface area contributed by atoms with Gasteiger partial charge < -0.3 is 10.6 Å². The van der Waals surface area contributed by atoms with E-state index in [0.717, 1.165) is 11.3 Å². The number of thiophene rings is 1. The predicted molar refractivity (Wildman–Crippen MR) is 110 cm³/mol. The second-order valence-corrected chi connectivity index (χ2v) is 9.72. The molecule has 10 heteroatoms. The molecule has 1 aromatic carbocycles. The molecule has 7 nitrogen and oxygen atoms in total. The molecule has 0 saturated carbocycles. The van der Waals surface area contributed by atoms with Gasteiger partial charge in [0, 0.05) is 15.5 Å². The minimum absolute atomic E-state index is 0.0336. The van der Waals surface area contributed by atoms with Crippen molar-refractivity contribution in [3.8, 4) is 0 Å². The van der Waals surface area contributed by atoms with Crippen molar-refractivity contribution in [1.82, 2.24) is 10.6 Å². The van der Waals surface area contributed by atoms with Crippen molar-refractivity contribution in [1.29, 1.82) is 0 Å². The number of nitrogens with one attached hydrogen (secondary N) is 2. The van der Waals surface area contributed by atoms with Crippen molar-refractivity contribution >= 4 is 44.8 Å². The van der Waals surface area contributed by atoms with Crippen LogP contribution in [0.5, 0.6) is 0 Å². The molecule has 0 spiro atoms. The first-order chi connectivity index (χ1) is 13.1. The fourth-order valence-corrected chi connectivity index (χ4v) is 4.26. The third-order valence-electron chi connectivity index (χ3n) is 4.24. The van der Waals surface area contributed by atoms with Crippen LogP contribution in [0.15, 0.2) is 40.6 Å². The number of halogens is 1. The fraction of sp³-hybridized carbons (Fsp3) is 0.333. The van der Waals surface area contributed by atoms with Crippen LogP contribution < -0.4 is 15.8 Å². The molecule has 2 amide bonds. The number of carbonyl (C=O) groups excluding carboxylic acids is 2. The summed E-state index contributed by atoms with van der Waals surface area (Å²) >= 11 is 6.83. The Morgan fingerprint density at radius 1 is 1.18 bits per heavy atom. The van der Waals surface area contributed by atoms with Crippen molar-refractivity contribution in [3.05, 3.63) is 51.9 Å². The number of sulfonamides is 1. The highest BCUT2D eigenvalue weighted by molar-refractivity contribution is 7.91. The maximum Gasteiger partial charge on any atom is 0.251 e. The van der Waals surface area contributed by atoms with E-state index in [9.17, 15) is 18.0 Å². The van der Waals surface area contributed by atoms with Gasteiger partial charge in [-0.15, -0.1) is 11.3 Å². The van der Waals surface area contributed by atoms with E-state index in [1.165, 1.54) is 6.07 Å². The summed E-state index contributed by atoms with van der Waals surface area (Å²) < 4.78 is 22.7. The van der Waals surface area contributed by atoms with Gasteiger partial charge in [0.2, 0.25) is 15.9 Å². The zero-order valence-electron chi connectivity index (χ0n) is 15.4. The molecule has 0 radical (unpaired) electrons. The molecular weight excluding hydrogens is 422 g/mol. The smallest absolute Gasteiger partial charge is 0.251 e. The number of benzene rings is 1. The van der Waals surface area contributed by atoms with Crippen molar-refractivity contribution in [2.45, 2.75) is 37.1 Å². The maximum atomic E-state index is 12.7. The zero-order chi connectivity index (χ0) is 20.9. The zero-order valence-corrected chi connectivity index (χ0v) is 17.8. The molecule has 0 fully saturated rings. The molecule has 0 aliphatic rings. The minimum Gasteiger partial charge on any atom is -0.349 e. The third kappa shape index (κ3) is 6.03. The summed E-state index contributed by atoms with van der Waals surface area (Å²) in [7, 11) is -3.76. The van der Waals surface area contributed by atoms with Crippen LogP contribution >= 0.6 is 22.9 Å². The number of carbonyl (C=O) groups is 2. The lowest BCUT2D eigenvalue weighted by Crippen LogP contribution is -2.50. The van der Waals surface area contributed by atoms with E-state index in [1.54, 1.807) is 30.3 Å². The van der Waals surface area contributed by atoms with Crippen molar-refractivity contribution in [3.63, 3.8) is 0 Å². The molecule has 0 aliphatic heterocycles. The first-order valence-corrected chi connectivity index (χ1v) is 11.3. The van der Waals surface area contributed by atoms with Crippen molar-refractivity contribution < 1.29 is 18.0 Å². The van der Waals surface area contributed by atoms with Crippen LogP contribution in [0.4, 0.5) is 0 Å². The Balaban J connectivity index is 2.05. The highest BCUT2D eigenvalue weighted by atomic mass is 35.5. The van der Waals surface area contributed by atoms with E-state index < -0.39 is 16.1 Å². The van der Waals surface area contributed by atoms with Crippen LogP contribution in [0.2, 0.25) is 5.02 Å². The molecule has 0 aliphatic carbocycles. The van der Waals surface area contributed by atoms with Gasteiger partial charge in [0.1, 0.15) is 10.3 Å². The maximum absolute atomic E-state index is 12.7. The molecule has 2 rings (SSSR count). The summed E-state index contributed by atoms with van der Waals surface area (Å²) in [6, 6.07) is 8.65. The number of rotatable bonds is 8. The quantitative estimate of drug-likeness (QED) is 0.580. The van der Waals surface area contributed by atoms with E-state index in [2.05, 4.69) is 10.6 Å². The molecule has 1 aromatic heterocycles. The number of amides is 2. The van der Waals surface area contributed by atoms with Gasteiger partial charge in [-0.05, 0) is 42.3 Å². The molecule has 0 bridgehead atoms. The fourth-order valence-electron chi connectivity index (χ4n) is 2.42. The van der Waals surface area contributed by atoms with Crippen LogP contribution in [-0.2, 0) is 21.4 Å². The van der Waals surface area contributed by atoms with E-state index in [0.29, 0.717) is 21.9 Å². The number of hydrogen-bond donors (Lipinski definition) is 3. The highest BCUT2D eigenvalue weighted by Gasteiger charge is 2.26. The molecule has 152 valence electrons. The number of primary sulfonamides is 1. The second kappa shape index (κ2) is 9.51. The van der Waals surface area contributed by atoms with Gasteiger partial charge in [0.05, 0.1) is 6.54 Å². The largest absolute Gasteiger partial charge is 0.349 e. The Hall–Kier alpha value is -1.94. The standard InChI is InChI=1S/C18H22ClN3O4S2/c1-3-11(2)16(22-17(23)12-4-6-13(19)7-5-12)18(24)21-10-14-8-9-15(27-14)28(20,25)26/h4-9,11,16H,3,10H2,1-2H3,(H,21,24)(H,22,23)(H2,20,25,26). The van der Waals surface area contributed by atoms with Crippen LogP contribution in [-0.4, -0.2) is 26.3 Å². The SMILES string of the molecule is CCC(C)C(NC(=O)c1ccc(Cl)cc1)C(=O)NCc1ccc(S(N)(=O)=O)s1. The third-order valence-corrected chi connectivity index (χ3v) is 7.02. The number of hydrogen-bond acceptors (Lipinski definition) is 5. The Morgan fingerprint density at radius 2 is 1.82 bits per heavy atom. The molecular formula is C18H22ClN3O4S2. The summed E-state index contributed by atoms with van der Waals surface area (Å²) in [5, 5.41) is 11.1. The van der Waals surface area contributed by atoms with Crippen LogP contribution in [0.3, 0.4) is 0 Å². The topological polar surface area (TPSA) is 118 Å². The second-order valence-electron chi connectivity index (χ2n) is 6.33. The van der Waals surface area contributed by atoms with Gasteiger partial charge in [-0.1, -0.05) is 31.9 Å². The summed E-state index contributed by atoms with van der Waals surface area (Å²) in [4.78, 5) is 25.8. The summed E-state index contributed by atoms with van der Waals surface area (Å²) in [5.41, 5.74) is 0.404. The van der Waals surface area contributed by atoms with Gasteiger partial charge in [-0.3, -0.25) is 9.59 Å². The average molecular weight is 444 g/mol. The van der Waals surface area contributed by atoms with Crippen molar-refractivity contribution in [2.24, 2.45) is 11.1 Å². The van der Waals surface area contributed by atoms with Crippen LogP contribution in [0.25, 0.3) is 0 Å². The Bertz CT molecular complexity index is 942. The molecule has 2 unspecified atom stereocenters. The van der Waals surface area contributed by atoms with E-state index in [1.807, 2.05) is 13.8 Å². The highest BCUT2D eigenvalue weighted by Crippen LogP contribution is 2.20. The van der Waals surface area contributed by atoms with E-state index in [4.69, 9.17) is 16.7 Å². The monoisotopic (exact) mass is 443 g/mol. The lowest BCUT2D eigenvalue weighted by Gasteiger charge is -2.23. The normalized spacial score (nSPS) is 13.6. The van der Waals surface area contributed by atoms with E-state index in [-0.39, 0.29) is 28.5 Å². The molecule has 1 heterocycles. The van der Waals surface area contributed by atoms with Gasteiger partial charge in [0.15, 0.2) is 0 Å².